The summed E-state index contributed by atoms with van der Waals surface area (Å²) < 4.78 is 10.7. The second-order valence-corrected chi connectivity index (χ2v) is 3.38. The molecule has 1 fully saturated rings. The van der Waals surface area contributed by atoms with Crippen LogP contribution in [0, 0.1) is 0 Å². The fourth-order valence-corrected chi connectivity index (χ4v) is 1.27. The second kappa shape index (κ2) is 3.90. The lowest BCUT2D eigenvalue weighted by atomic mass is 10.2. The summed E-state index contributed by atoms with van der Waals surface area (Å²) in [6.45, 7) is 3.47. The molecule has 2 nitrogen and oxygen atoms in total. The van der Waals surface area contributed by atoms with Gasteiger partial charge >= 0.3 is 0 Å². The first kappa shape index (κ1) is 8.73. The predicted molar refractivity (Wildman–Crippen MR) is 50.4 cm³/mol. The van der Waals surface area contributed by atoms with E-state index in [1.54, 1.807) is 0 Å². The molecule has 2 heteroatoms. The monoisotopic (exact) mass is 178 g/mol. The van der Waals surface area contributed by atoms with Crippen LogP contribution in [0.4, 0.5) is 0 Å². The van der Waals surface area contributed by atoms with Crippen molar-refractivity contribution in [1.82, 2.24) is 0 Å². The maximum absolute atomic E-state index is 5.49. The van der Waals surface area contributed by atoms with Crippen molar-refractivity contribution in [3.63, 3.8) is 0 Å². The number of epoxide rings is 1. The summed E-state index contributed by atoms with van der Waals surface area (Å²) in [5.41, 5.74) is 1.22. The SMILES string of the molecule is CC1OC1COCc1ccccc1. The van der Waals surface area contributed by atoms with Gasteiger partial charge < -0.3 is 9.47 Å². The highest BCUT2D eigenvalue weighted by atomic mass is 16.6. The van der Waals surface area contributed by atoms with Crippen LogP contribution in [0.15, 0.2) is 30.3 Å². The van der Waals surface area contributed by atoms with Crippen molar-refractivity contribution >= 4 is 0 Å². The number of benzene rings is 1. The fourth-order valence-electron chi connectivity index (χ4n) is 1.27. The zero-order chi connectivity index (χ0) is 9.10. The quantitative estimate of drug-likeness (QED) is 0.658. The molecule has 1 aromatic rings. The molecule has 1 aromatic carbocycles. The van der Waals surface area contributed by atoms with Gasteiger partial charge in [-0.05, 0) is 12.5 Å². The van der Waals surface area contributed by atoms with Crippen LogP contribution in [0.2, 0.25) is 0 Å². The third kappa shape index (κ3) is 2.54. The smallest absolute Gasteiger partial charge is 0.107 e. The third-order valence-electron chi connectivity index (χ3n) is 2.23. The number of ether oxygens (including phenoxy) is 2. The first-order chi connectivity index (χ1) is 6.36. The minimum atomic E-state index is 0.337. The Bertz CT molecular complexity index is 258. The molecular formula is C11H14O2. The Labute approximate surface area is 78.5 Å². The average Bonchev–Trinajstić information content (AvgIpc) is 2.84. The summed E-state index contributed by atoms with van der Waals surface area (Å²) in [7, 11) is 0. The average molecular weight is 178 g/mol. The van der Waals surface area contributed by atoms with Crippen LogP contribution in [0.5, 0.6) is 0 Å². The molecule has 1 heterocycles. The van der Waals surface area contributed by atoms with Gasteiger partial charge in [0, 0.05) is 0 Å². The Morgan fingerprint density at radius 1 is 1.31 bits per heavy atom. The van der Waals surface area contributed by atoms with Crippen molar-refractivity contribution in [3.05, 3.63) is 35.9 Å². The van der Waals surface area contributed by atoms with E-state index in [0.29, 0.717) is 18.8 Å². The molecule has 0 bridgehead atoms. The fraction of sp³-hybridized carbons (Fsp3) is 0.455. The molecule has 70 valence electrons. The van der Waals surface area contributed by atoms with Gasteiger partial charge in [0.15, 0.2) is 0 Å². The van der Waals surface area contributed by atoms with Crippen molar-refractivity contribution in [3.8, 4) is 0 Å². The van der Waals surface area contributed by atoms with Crippen LogP contribution >= 0.6 is 0 Å². The van der Waals surface area contributed by atoms with Crippen LogP contribution in [0.3, 0.4) is 0 Å². The molecule has 2 rings (SSSR count). The molecule has 0 saturated carbocycles. The standard InChI is InChI=1S/C11H14O2/c1-9-11(13-9)8-12-7-10-5-3-2-4-6-10/h2-6,9,11H,7-8H2,1H3. The summed E-state index contributed by atoms with van der Waals surface area (Å²) in [4.78, 5) is 0. The Hall–Kier alpha value is -0.860. The van der Waals surface area contributed by atoms with E-state index >= 15 is 0 Å². The lowest BCUT2D eigenvalue weighted by Gasteiger charge is -2.01. The largest absolute Gasteiger partial charge is 0.374 e. The predicted octanol–water partition coefficient (Wildman–Crippen LogP) is 1.99. The van der Waals surface area contributed by atoms with E-state index in [1.807, 2.05) is 18.2 Å². The van der Waals surface area contributed by atoms with Gasteiger partial charge in [-0.2, -0.15) is 0 Å². The summed E-state index contributed by atoms with van der Waals surface area (Å²) >= 11 is 0. The summed E-state index contributed by atoms with van der Waals surface area (Å²) in [5.74, 6) is 0. The van der Waals surface area contributed by atoms with E-state index in [9.17, 15) is 0 Å². The van der Waals surface area contributed by atoms with Crippen molar-refractivity contribution in [2.45, 2.75) is 25.7 Å². The first-order valence-corrected chi connectivity index (χ1v) is 4.63. The zero-order valence-electron chi connectivity index (χ0n) is 7.77. The first-order valence-electron chi connectivity index (χ1n) is 4.63. The molecule has 1 aliphatic rings. The van der Waals surface area contributed by atoms with Gasteiger partial charge in [0.05, 0.1) is 19.3 Å². The van der Waals surface area contributed by atoms with E-state index in [1.165, 1.54) is 5.56 Å². The topological polar surface area (TPSA) is 21.8 Å². The van der Waals surface area contributed by atoms with Gasteiger partial charge in [0.2, 0.25) is 0 Å². The van der Waals surface area contributed by atoms with Crippen molar-refractivity contribution in [2.75, 3.05) is 6.61 Å². The van der Waals surface area contributed by atoms with Crippen molar-refractivity contribution in [1.29, 1.82) is 0 Å². The van der Waals surface area contributed by atoms with Crippen LogP contribution in [0.1, 0.15) is 12.5 Å². The summed E-state index contributed by atoms with van der Waals surface area (Å²) in [6.07, 6.45) is 0.736. The Morgan fingerprint density at radius 3 is 2.62 bits per heavy atom. The molecule has 0 radical (unpaired) electrons. The maximum Gasteiger partial charge on any atom is 0.107 e. The van der Waals surface area contributed by atoms with E-state index in [-0.39, 0.29) is 0 Å². The van der Waals surface area contributed by atoms with Crippen LogP contribution in [0.25, 0.3) is 0 Å². The van der Waals surface area contributed by atoms with Crippen LogP contribution < -0.4 is 0 Å². The summed E-state index contributed by atoms with van der Waals surface area (Å²) in [6, 6.07) is 10.2. The number of rotatable bonds is 4. The Morgan fingerprint density at radius 2 is 2.00 bits per heavy atom. The van der Waals surface area contributed by atoms with E-state index < -0.39 is 0 Å². The van der Waals surface area contributed by atoms with E-state index in [2.05, 4.69) is 19.1 Å². The molecule has 2 unspecified atom stereocenters. The van der Waals surface area contributed by atoms with Gasteiger partial charge in [-0.1, -0.05) is 30.3 Å². The maximum atomic E-state index is 5.49. The Balaban J connectivity index is 1.68. The molecule has 0 amide bonds. The minimum absolute atomic E-state index is 0.337. The highest BCUT2D eigenvalue weighted by Gasteiger charge is 2.33. The normalized spacial score (nSPS) is 25.9. The molecule has 2 atom stereocenters. The van der Waals surface area contributed by atoms with Gasteiger partial charge in [-0.25, -0.2) is 0 Å². The number of hydrogen-bond donors (Lipinski definition) is 0. The second-order valence-electron chi connectivity index (χ2n) is 3.38. The lowest BCUT2D eigenvalue weighted by molar-refractivity contribution is 0.104. The molecule has 0 aromatic heterocycles. The van der Waals surface area contributed by atoms with Gasteiger partial charge in [0.25, 0.3) is 0 Å². The highest BCUT2D eigenvalue weighted by molar-refractivity contribution is 5.13. The molecular weight excluding hydrogens is 164 g/mol. The van der Waals surface area contributed by atoms with Crippen LogP contribution in [-0.4, -0.2) is 18.8 Å². The molecule has 1 aliphatic heterocycles. The molecule has 1 saturated heterocycles. The zero-order valence-corrected chi connectivity index (χ0v) is 7.77. The van der Waals surface area contributed by atoms with E-state index in [0.717, 1.165) is 6.61 Å². The van der Waals surface area contributed by atoms with Crippen LogP contribution in [-0.2, 0) is 16.1 Å². The molecule has 0 aliphatic carbocycles. The molecule has 13 heavy (non-hydrogen) atoms. The van der Waals surface area contributed by atoms with Crippen molar-refractivity contribution in [2.24, 2.45) is 0 Å². The van der Waals surface area contributed by atoms with Gasteiger partial charge in [-0.3, -0.25) is 0 Å². The van der Waals surface area contributed by atoms with E-state index in [4.69, 9.17) is 9.47 Å². The molecule has 0 spiro atoms. The molecule has 0 N–H and O–H groups in total. The van der Waals surface area contributed by atoms with Crippen molar-refractivity contribution < 1.29 is 9.47 Å². The third-order valence-corrected chi connectivity index (χ3v) is 2.23. The van der Waals surface area contributed by atoms with Gasteiger partial charge in [-0.15, -0.1) is 0 Å². The minimum Gasteiger partial charge on any atom is -0.374 e. The highest BCUT2D eigenvalue weighted by Crippen LogP contribution is 2.21. The van der Waals surface area contributed by atoms with Gasteiger partial charge in [0.1, 0.15) is 6.10 Å². The number of hydrogen-bond acceptors (Lipinski definition) is 2. The summed E-state index contributed by atoms with van der Waals surface area (Å²) in [5, 5.41) is 0. The lowest BCUT2D eigenvalue weighted by Crippen LogP contribution is -2.03. The Kier molecular flexibility index (Phi) is 2.62.